The van der Waals surface area contributed by atoms with Gasteiger partial charge in [-0.15, -0.1) is 0 Å². The highest BCUT2D eigenvalue weighted by molar-refractivity contribution is 5.66. The summed E-state index contributed by atoms with van der Waals surface area (Å²) < 4.78 is 38.6. The molecule has 0 bridgehead atoms. The quantitative estimate of drug-likeness (QED) is 0.796. The SMILES string of the molecule is CN(C)[C@H]1CC(C(F)(F)F)=CC[C@@H]1N(C(=O)O)C(C)(C)C. The number of hydrogen-bond donors (Lipinski definition) is 1. The summed E-state index contributed by atoms with van der Waals surface area (Å²) >= 11 is 0. The second-order valence-electron chi connectivity index (χ2n) is 6.59. The van der Waals surface area contributed by atoms with Gasteiger partial charge in [0.05, 0.1) is 6.04 Å². The molecule has 4 nitrogen and oxygen atoms in total. The van der Waals surface area contributed by atoms with Crippen molar-refractivity contribution < 1.29 is 23.1 Å². The van der Waals surface area contributed by atoms with Crippen LogP contribution in [-0.2, 0) is 0 Å². The summed E-state index contributed by atoms with van der Waals surface area (Å²) in [5, 5.41) is 9.45. The van der Waals surface area contributed by atoms with Gasteiger partial charge < -0.3 is 10.0 Å². The summed E-state index contributed by atoms with van der Waals surface area (Å²) in [6.45, 7) is 5.24. The summed E-state index contributed by atoms with van der Waals surface area (Å²) in [4.78, 5) is 14.5. The van der Waals surface area contributed by atoms with Gasteiger partial charge in [0.25, 0.3) is 0 Å². The van der Waals surface area contributed by atoms with Gasteiger partial charge in [0.1, 0.15) is 0 Å². The molecule has 0 aromatic carbocycles. The van der Waals surface area contributed by atoms with Crippen LogP contribution in [0.5, 0.6) is 0 Å². The van der Waals surface area contributed by atoms with Crippen LogP contribution >= 0.6 is 0 Å². The Bertz CT molecular complexity index is 425. The van der Waals surface area contributed by atoms with E-state index in [-0.39, 0.29) is 12.8 Å². The first-order valence-corrected chi connectivity index (χ1v) is 6.80. The molecule has 1 aliphatic carbocycles. The average molecular weight is 308 g/mol. The molecule has 1 aliphatic rings. The second-order valence-corrected chi connectivity index (χ2v) is 6.59. The van der Waals surface area contributed by atoms with Gasteiger partial charge in [-0.3, -0.25) is 4.90 Å². The van der Waals surface area contributed by atoms with Crippen LogP contribution < -0.4 is 0 Å². The monoisotopic (exact) mass is 308 g/mol. The molecule has 0 aliphatic heterocycles. The van der Waals surface area contributed by atoms with Crippen LogP contribution in [0.25, 0.3) is 0 Å². The van der Waals surface area contributed by atoms with Crippen molar-refractivity contribution >= 4 is 6.09 Å². The van der Waals surface area contributed by atoms with E-state index in [2.05, 4.69) is 0 Å². The number of carbonyl (C=O) groups is 1. The van der Waals surface area contributed by atoms with Crippen LogP contribution in [0.1, 0.15) is 33.6 Å². The molecule has 0 aromatic heterocycles. The minimum atomic E-state index is -4.35. The Morgan fingerprint density at radius 2 is 1.76 bits per heavy atom. The molecule has 1 rings (SSSR count). The maximum Gasteiger partial charge on any atom is 0.412 e. The highest BCUT2D eigenvalue weighted by Crippen LogP contribution is 2.37. The Kier molecular flexibility index (Phi) is 4.98. The minimum Gasteiger partial charge on any atom is -0.465 e. The molecule has 0 unspecified atom stereocenters. The molecule has 0 saturated carbocycles. The van der Waals surface area contributed by atoms with Crippen LogP contribution in [0, 0.1) is 0 Å². The summed E-state index contributed by atoms with van der Waals surface area (Å²) in [5.74, 6) is 0. The molecule has 0 spiro atoms. The first-order chi connectivity index (χ1) is 9.35. The lowest BCUT2D eigenvalue weighted by atomic mass is 9.86. The molecular weight excluding hydrogens is 285 g/mol. The third-order valence-electron chi connectivity index (χ3n) is 3.77. The predicted molar refractivity (Wildman–Crippen MR) is 74.3 cm³/mol. The number of alkyl halides is 3. The number of hydrogen-bond acceptors (Lipinski definition) is 2. The van der Waals surface area contributed by atoms with Crippen molar-refractivity contribution in [2.24, 2.45) is 0 Å². The summed E-state index contributed by atoms with van der Waals surface area (Å²) in [5.41, 5.74) is -1.24. The number of likely N-dealkylation sites (N-methyl/N-ethyl adjacent to an activating group) is 1. The Hall–Kier alpha value is -1.24. The van der Waals surface area contributed by atoms with Gasteiger partial charge in [0.15, 0.2) is 0 Å². The number of amides is 1. The first-order valence-electron chi connectivity index (χ1n) is 6.80. The van der Waals surface area contributed by atoms with Crippen LogP contribution in [0.3, 0.4) is 0 Å². The van der Waals surface area contributed by atoms with E-state index in [1.165, 1.54) is 4.90 Å². The molecule has 0 aromatic rings. The maximum atomic E-state index is 12.9. The smallest absolute Gasteiger partial charge is 0.412 e. The molecule has 1 N–H and O–H groups in total. The standard InChI is InChI=1S/C14H23F3N2O2/c1-13(2,3)19(12(20)21)10-7-6-9(14(15,16)17)8-11(10)18(4)5/h6,10-11H,7-8H2,1-5H3,(H,20,21)/t10-,11-/m0/s1. The van der Waals surface area contributed by atoms with Gasteiger partial charge in [-0.25, -0.2) is 4.79 Å². The fourth-order valence-electron chi connectivity index (χ4n) is 2.83. The lowest BCUT2D eigenvalue weighted by Gasteiger charge is -2.46. The van der Waals surface area contributed by atoms with Crippen LogP contribution in [0.2, 0.25) is 0 Å². The van der Waals surface area contributed by atoms with Crippen molar-refractivity contribution in [2.75, 3.05) is 14.1 Å². The van der Waals surface area contributed by atoms with Gasteiger partial charge in [-0.05, 0) is 47.7 Å². The summed E-state index contributed by atoms with van der Waals surface area (Å²) in [7, 11) is 3.36. The minimum absolute atomic E-state index is 0.0707. The molecule has 2 atom stereocenters. The fraction of sp³-hybridized carbons (Fsp3) is 0.786. The van der Waals surface area contributed by atoms with Crippen molar-refractivity contribution in [1.82, 2.24) is 9.80 Å². The zero-order chi connectivity index (χ0) is 16.6. The molecule has 0 heterocycles. The van der Waals surface area contributed by atoms with E-state index < -0.39 is 35.5 Å². The Balaban J connectivity index is 3.16. The summed E-state index contributed by atoms with van der Waals surface area (Å²) in [6.07, 6.45) is -4.45. The van der Waals surface area contributed by atoms with Crippen LogP contribution in [0.4, 0.5) is 18.0 Å². The van der Waals surface area contributed by atoms with Crippen molar-refractivity contribution in [3.05, 3.63) is 11.6 Å². The lowest BCUT2D eigenvalue weighted by molar-refractivity contribution is -0.0989. The van der Waals surface area contributed by atoms with E-state index in [9.17, 15) is 23.1 Å². The molecule has 122 valence electrons. The molecular formula is C14H23F3N2O2. The fourth-order valence-corrected chi connectivity index (χ4v) is 2.83. The van der Waals surface area contributed by atoms with E-state index in [4.69, 9.17) is 0 Å². The molecule has 0 saturated heterocycles. The molecule has 21 heavy (non-hydrogen) atoms. The largest absolute Gasteiger partial charge is 0.465 e. The molecule has 0 fully saturated rings. The Morgan fingerprint density at radius 3 is 2.10 bits per heavy atom. The first kappa shape index (κ1) is 17.8. The number of rotatable bonds is 2. The van der Waals surface area contributed by atoms with Crippen LogP contribution in [-0.4, -0.2) is 58.9 Å². The second kappa shape index (κ2) is 5.87. The van der Waals surface area contributed by atoms with Crippen molar-refractivity contribution in [3.63, 3.8) is 0 Å². The normalized spacial score (nSPS) is 24.0. The topological polar surface area (TPSA) is 43.8 Å². The predicted octanol–water partition coefficient (Wildman–Crippen LogP) is 3.35. The van der Waals surface area contributed by atoms with E-state index >= 15 is 0 Å². The van der Waals surface area contributed by atoms with Gasteiger partial charge in [-0.2, -0.15) is 13.2 Å². The van der Waals surface area contributed by atoms with Crippen molar-refractivity contribution in [1.29, 1.82) is 0 Å². The van der Waals surface area contributed by atoms with E-state index in [0.717, 1.165) is 6.08 Å². The molecule has 7 heteroatoms. The third-order valence-corrected chi connectivity index (χ3v) is 3.77. The van der Waals surface area contributed by atoms with Crippen molar-refractivity contribution in [2.45, 2.75) is 57.4 Å². The maximum absolute atomic E-state index is 12.9. The number of carboxylic acid groups (broad SMARTS) is 1. The summed E-state index contributed by atoms with van der Waals surface area (Å²) in [6, 6.07) is -0.995. The third kappa shape index (κ3) is 4.12. The van der Waals surface area contributed by atoms with Gasteiger partial charge in [0, 0.05) is 17.2 Å². The number of halogens is 3. The van der Waals surface area contributed by atoms with Gasteiger partial charge >= 0.3 is 12.3 Å². The van der Waals surface area contributed by atoms with Gasteiger partial charge in [0.2, 0.25) is 0 Å². The van der Waals surface area contributed by atoms with Crippen molar-refractivity contribution in [3.8, 4) is 0 Å². The van der Waals surface area contributed by atoms with E-state index in [1.54, 1.807) is 39.8 Å². The highest BCUT2D eigenvalue weighted by Gasteiger charge is 2.44. The zero-order valence-corrected chi connectivity index (χ0v) is 13.0. The zero-order valence-electron chi connectivity index (χ0n) is 13.0. The lowest BCUT2D eigenvalue weighted by Crippen LogP contribution is -2.59. The van der Waals surface area contributed by atoms with E-state index in [1.807, 2.05) is 0 Å². The average Bonchev–Trinajstić information content (AvgIpc) is 2.24. The van der Waals surface area contributed by atoms with Crippen LogP contribution in [0.15, 0.2) is 11.6 Å². The van der Waals surface area contributed by atoms with E-state index in [0.29, 0.717) is 0 Å². The number of nitrogens with zero attached hydrogens (tertiary/aromatic N) is 2. The highest BCUT2D eigenvalue weighted by atomic mass is 19.4. The molecule has 0 radical (unpaired) electrons. The Labute approximate surface area is 123 Å². The van der Waals surface area contributed by atoms with Gasteiger partial charge in [-0.1, -0.05) is 6.08 Å². The Morgan fingerprint density at radius 1 is 1.24 bits per heavy atom. The molecule has 1 amide bonds.